The summed E-state index contributed by atoms with van der Waals surface area (Å²) in [6.45, 7) is 2.10. The first-order valence-electron chi connectivity index (χ1n) is 4.42. The lowest BCUT2D eigenvalue weighted by atomic mass is 10.0. The van der Waals surface area contributed by atoms with Crippen molar-refractivity contribution in [3.8, 4) is 0 Å². The van der Waals surface area contributed by atoms with E-state index in [4.69, 9.17) is 0 Å². The van der Waals surface area contributed by atoms with Gasteiger partial charge >= 0.3 is 0 Å². The van der Waals surface area contributed by atoms with Gasteiger partial charge in [-0.1, -0.05) is 22.0 Å². The molecule has 0 atom stereocenters. The summed E-state index contributed by atoms with van der Waals surface area (Å²) in [7, 11) is 0. The van der Waals surface area contributed by atoms with E-state index in [-0.39, 0.29) is 0 Å². The average molecular weight is 241 g/mol. The van der Waals surface area contributed by atoms with Crippen molar-refractivity contribution in [2.24, 2.45) is 0 Å². The van der Waals surface area contributed by atoms with E-state index < -0.39 is 0 Å². The van der Waals surface area contributed by atoms with Gasteiger partial charge in [-0.15, -0.1) is 0 Å². The van der Waals surface area contributed by atoms with Crippen LogP contribution in [0.25, 0.3) is 0 Å². The third-order valence-electron chi connectivity index (χ3n) is 2.08. The van der Waals surface area contributed by atoms with Gasteiger partial charge < -0.3 is 4.79 Å². The fourth-order valence-corrected chi connectivity index (χ4v) is 1.69. The number of rotatable bonds is 4. The lowest BCUT2D eigenvalue weighted by molar-refractivity contribution is -0.107. The first kappa shape index (κ1) is 10.5. The summed E-state index contributed by atoms with van der Waals surface area (Å²) >= 11 is 3.44. The molecule has 1 rings (SSSR count). The predicted molar refractivity (Wildman–Crippen MR) is 57.9 cm³/mol. The van der Waals surface area contributed by atoms with Crippen molar-refractivity contribution in [1.82, 2.24) is 0 Å². The number of carbonyl (C=O) groups is 1. The molecule has 70 valence electrons. The quantitative estimate of drug-likeness (QED) is 0.584. The van der Waals surface area contributed by atoms with Gasteiger partial charge in [-0.3, -0.25) is 0 Å². The Bertz CT molecular complexity index is 294. The summed E-state index contributed by atoms with van der Waals surface area (Å²) in [6, 6.07) is 6.26. The van der Waals surface area contributed by atoms with Crippen LogP contribution in [0.4, 0.5) is 0 Å². The normalized spacial score (nSPS) is 10.0. The van der Waals surface area contributed by atoms with Gasteiger partial charge in [0.1, 0.15) is 6.29 Å². The van der Waals surface area contributed by atoms with Crippen molar-refractivity contribution in [2.75, 3.05) is 0 Å². The number of benzene rings is 1. The summed E-state index contributed by atoms with van der Waals surface area (Å²) in [6.07, 6.45) is 3.57. The molecule has 0 fully saturated rings. The van der Waals surface area contributed by atoms with Crippen LogP contribution in [-0.2, 0) is 11.2 Å². The number of unbranched alkanes of at least 4 members (excludes halogenated alkanes) is 1. The van der Waals surface area contributed by atoms with Gasteiger partial charge in [-0.2, -0.15) is 0 Å². The molecule has 0 amide bonds. The van der Waals surface area contributed by atoms with Gasteiger partial charge in [0.2, 0.25) is 0 Å². The second-order valence-corrected chi connectivity index (χ2v) is 4.05. The van der Waals surface area contributed by atoms with Crippen LogP contribution in [0.1, 0.15) is 24.0 Å². The molecule has 0 saturated carbocycles. The molecule has 0 aliphatic rings. The van der Waals surface area contributed by atoms with E-state index in [1.807, 2.05) is 6.07 Å². The van der Waals surface area contributed by atoms with Crippen molar-refractivity contribution in [2.45, 2.75) is 26.2 Å². The van der Waals surface area contributed by atoms with Crippen LogP contribution in [0.5, 0.6) is 0 Å². The average Bonchev–Trinajstić information content (AvgIpc) is 2.11. The van der Waals surface area contributed by atoms with E-state index in [9.17, 15) is 4.79 Å². The largest absolute Gasteiger partial charge is 0.303 e. The second-order valence-electron chi connectivity index (χ2n) is 3.13. The Hall–Kier alpha value is -0.630. The van der Waals surface area contributed by atoms with Gasteiger partial charge in [0.05, 0.1) is 0 Å². The van der Waals surface area contributed by atoms with Crippen LogP contribution < -0.4 is 0 Å². The number of aryl methyl sites for hydroxylation is 2. The fourth-order valence-electron chi connectivity index (χ4n) is 1.29. The molecule has 2 heteroatoms. The summed E-state index contributed by atoms with van der Waals surface area (Å²) in [5.74, 6) is 0. The maximum Gasteiger partial charge on any atom is 0.120 e. The van der Waals surface area contributed by atoms with Crippen LogP contribution in [0.15, 0.2) is 22.7 Å². The van der Waals surface area contributed by atoms with Crippen LogP contribution >= 0.6 is 15.9 Å². The Morgan fingerprint density at radius 1 is 1.46 bits per heavy atom. The van der Waals surface area contributed by atoms with Crippen molar-refractivity contribution in [1.29, 1.82) is 0 Å². The molecule has 1 nitrogen and oxygen atoms in total. The minimum Gasteiger partial charge on any atom is -0.303 e. The molecule has 0 radical (unpaired) electrons. The molecular formula is C11H13BrO. The Morgan fingerprint density at radius 2 is 2.23 bits per heavy atom. The highest BCUT2D eigenvalue weighted by Crippen LogP contribution is 2.17. The Kier molecular flexibility index (Phi) is 4.16. The summed E-state index contributed by atoms with van der Waals surface area (Å²) in [5, 5.41) is 0. The monoisotopic (exact) mass is 240 g/mol. The van der Waals surface area contributed by atoms with Crippen molar-refractivity contribution >= 4 is 22.2 Å². The zero-order chi connectivity index (χ0) is 9.68. The molecule has 0 aromatic heterocycles. The highest BCUT2D eigenvalue weighted by molar-refractivity contribution is 9.10. The predicted octanol–water partition coefficient (Wildman–Crippen LogP) is 3.28. The Morgan fingerprint density at radius 3 is 2.92 bits per heavy atom. The Balaban J connectivity index is 2.64. The SMILES string of the molecule is Cc1ccc(Br)cc1CCCC=O. The van der Waals surface area contributed by atoms with Crippen LogP contribution in [-0.4, -0.2) is 6.29 Å². The summed E-state index contributed by atoms with van der Waals surface area (Å²) in [5.41, 5.74) is 2.63. The minimum absolute atomic E-state index is 0.659. The molecular weight excluding hydrogens is 228 g/mol. The molecule has 0 heterocycles. The molecule has 0 unspecified atom stereocenters. The van der Waals surface area contributed by atoms with Crippen LogP contribution in [0.3, 0.4) is 0 Å². The van der Waals surface area contributed by atoms with E-state index in [1.54, 1.807) is 0 Å². The van der Waals surface area contributed by atoms with Gasteiger partial charge in [-0.25, -0.2) is 0 Å². The second kappa shape index (κ2) is 5.18. The third kappa shape index (κ3) is 3.31. The van der Waals surface area contributed by atoms with Gasteiger partial charge in [0.25, 0.3) is 0 Å². The molecule has 0 saturated heterocycles. The zero-order valence-corrected chi connectivity index (χ0v) is 9.30. The van der Waals surface area contributed by atoms with Gasteiger partial charge in [0.15, 0.2) is 0 Å². The van der Waals surface area contributed by atoms with Crippen LogP contribution in [0, 0.1) is 6.92 Å². The van der Waals surface area contributed by atoms with Gasteiger partial charge in [0, 0.05) is 10.9 Å². The molecule has 0 aliphatic carbocycles. The van der Waals surface area contributed by atoms with Crippen LogP contribution in [0.2, 0.25) is 0 Å². The fraction of sp³-hybridized carbons (Fsp3) is 0.364. The molecule has 13 heavy (non-hydrogen) atoms. The number of hydrogen-bond donors (Lipinski definition) is 0. The molecule has 1 aromatic rings. The highest BCUT2D eigenvalue weighted by Gasteiger charge is 1.98. The number of hydrogen-bond acceptors (Lipinski definition) is 1. The number of aldehydes is 1. The molecule has 0 spiro atoms. The third-order valence-corrected chi connectivity index (χ3v) is 2.57. The highest BCUT2D eigenvalue weighted by atomic mass is 79.9. The molecule has 0 N–H and O–H groups in total. The van der Waals surface area contributed by atoms with E-state index in [0.29, 0.717) is 6.42 Å². The standard InChI is InChI=1S/C11H13BrO/c1-9-5-6-11(12)8-10(9)4-2-3-7-13/h5-8H,2-4H2,1H3. The molecule has 0 aliphatic heterocycles. The number of halogens is 1. The van der Waals surface area contributed by atoms with Crippen molar-refractivity contribution in [3.05, 3.63) is 33.8 Å². The first-order valence-corrected chi connectivity index (χ1v) is 5.22. The van der Waals surface area contributed by atoms with E-state index in [1.165, 1.54) is 11.1 Å². The first-order chi connectivity index (χ1) is 6.24. The van der Waals surface area contributed by atoms with Crippen molar-refractivity contribution in [3.63, 3.8) is 0 Å². The van der Waals surface area contributed by atoms with Crippen molar-refractivity contribution < 1.29 is 4.79 Å². The summed E-state index contributed by atoms with van der Waals surface area (Å²) in [4.78, 5) is 10.1. The lowest BCUT2D eigenvalue weighted by Crippen LogP contribution is -1.90. The van der Waals surface area contributed by atoms with Gasteiger partial charge in [-0.05, 0) is 43.0 Å². The maximum absolute atomic E-state index is 10.1. The topological polar surface area (TPSA) is 17.1 Å². The smallest absolute Gasteiger partial charge is 0.120 e. The summed E-state index contributed by atoms with van der Waals surface area (Å²) < 4.78 is 1.11. The molecule has 1 aromatic carbocycles. The van der Waals surface area contributed by atoms with E-state index >= 15 is 0 Å². The minimum atomic E-state index is 0.659. The maximum atomic E-state index is 10.1. The van der Waals surface area contributed by atoms with E-state index in [2.05, 4.69) is 35.0 Å². The lowest BCUT2D eigenvalue weighted by Gasteiger charge is -2.04. The Labute approximate surface area is 87.3 Å². The van der Waals surface area contributed by atoms with E-state index in [0.717, 1.165) is 23.6 Å². The molecule has 0 bridgehead atoms. The number of carbonyl (C=O) groups excluding carboxylic acids is 1. The zero-order valence-electron chi connectivity index (χ0n) is 7.72.